The Bertz CT molecular complexity index is 2330. The van der Waals surface area contributed by atoms with E-state index in [1.54, 1.807) is 0 Å². The van der Waals surface area contributed by atoms with Crippen LogP contribution in [0.4, 0.5) is 0 Å². The molecule has 26 nitrogen and oxygen atoms in total. The van der Waals surface area contributed by atoms with E-state index in [4.69, 9.17) is 47.4 Å². The zero-order valence-electron chi connectivity index (χ0n) is 49.0. The van der Waals surface area contributed by atoms with Gasteiger partial charge < -0.3 is 124 Å². The lowest BCUT2D eigenvalue weighted by molar-refractivity contribution is -0.384. The molecule has 32 atom stereocenters. The lowest BCUT2D eigenvalue weighted by Gasteiger charge is -2.71. The Morgan fingerprint density at radius 2 is 1.13 bits per heavy atom. The first-order valence-corrected chi connectivity index (χ1v) is 30.2. The molecular formula is C58H94O26. The van der Waals surface area contributed by atoms with Crippen LogP contribution in [0.2, 0.25) is 0 Å². The normalized spacial score (nSPS) is 54.9. The number of allylic oxidation sites excluding steroid dienone is 2. The monoisotopic (exact) mass is 1210 g/mol. The predicted octanol–water partition coefficient (Wildman–Crippen LogP) is -2.93. The number of aliphatic hydroxyl groups is 15. The average Bonchev–Trinajstić information content (AvgIpc) is 0.709. The molecule has 0 aromatic heterocycles. The first kappa shape index (κ1) is 65.2. The van der Waals surface area contributed by atoms with E-state index >= 15 is 4.79 Å². The Morgan fingerprint density at radius 3 is 1.81 bits per heavy atom. The van der Waals surface area contributed by atoms with Crippen molar-refractivity contribution < 1.29 is 129 Å². The van der Waals surface area contributed by atoms with E-state index in [1.807, 2.05) is 6.92 Å². The molecule has 5 aliphatic carbocycles. The van der Waals surface area contributed by atoms with E-state index in [0.717, 1.165) is 6.42 Å². The van der Waals surface area contributed by atoms with Crippen LogP contribution in [0.15, 0.2) is 11.6 Å². The van der Waals surface area contributed by atoms with Gasteiger partial charge >= 0.3 is 5.97 Å². The summed E-state index contributed by atoms with van der Waals surface area (Å²) in [4.78, 5) is 15.2. The summed E-state index contributed by atoms with van der Waals surface area (Å²) < 4.78 is 60.4. The van der Waals surface area contributed by atoms with Crippen LogP contribution in [-0.2, 0) is 52.2 Å². The smallest absolute Gasteiger partial charge is 0.315 e. The number of ether oxygens (including phenoxy) is 10. The van der Waals surface area contributed by atoms with E-state index in [-0.39, 0.29) is 47.2 Å². The molecule has 0 aromatic carbocycles. The third-order valence-electron chi connectivity index (χ3n) is 22.9. The van der Waals surface area contributed by atoms with Crippen molar-refractivity contribution in [1.29, 1.82) is 0 Å². The molecule has 5 heterocycles. The van der Waals surface area contributed by atoms with Gasteiger partial charge in [0.05, 0.1) is 50.7 Å². The van der Waals surface area contributed by atoms with Crippen molar-refractivity contribution >= 4 is 5.97 Å². The zero-order valence-corrected chi connectivity index (χ0v) is 49.0. The predicted molar refractivity (Wildman–Crippen MR) is 283 cm³/mol. The van der Waals surface area contributed by atoms with Crippen LogP contribution in [0.3, 0.4) is 0 Å². The second-order valence-electron chi connectivity index (χ2n) is 28.0. The fourth-order valence-electron chi connectivity index (χ4n) is 17.4. The summed E-state index contributed by atoms with van der Waals surface area (Å²) in [6.45, 7) is 12.2. The van der Waals surface area contributed by atoms with Gasteiger partial charge in [0.25, 0.3) is 0 Å². The minimum atomic E-state index is -1.91. The largest absolute Gasteiger partial charge is 0.432 e. The molecule has 5 saturated heterocycles. The highest BCUT2D eigenvalue weighted by Gasteiger charge is 2.71. The van der Waals surface area contributed by atoms with Gasteiger partial charge in [-0.1, -0.05) is 53.2 Å². The Kier molecular flexibility index (Phi) is 18.7. The quantitative estimate of drug-likeness (QED) is 0.0499. The molecule has 84 heavy (non-hydrogen) atoms. The number of hydrogen-bond acceptors (Lipinski definition) is 26. The summed E-state index contributed by atoms with van der Waals surface area (Å²) >= 11 is 0. The van der Waals surface area contributed by atoms with Gasteiger partial charge in [0, 0.05) is 5.41 Å². The fourth-order valence-corrected chi connectivity index (χ4v) is 17.4. The van der Waals surface area contributed by atoms with Crippen LogP contribution < -0.4 is 0 Å². The number of aliphatic hydroxyl groups excluding tert-OH is 15. The van der Waals surface area contributed by atoms with Gasteiger partial charge in [0.15, 0.2) is 25.2 Å². The molecule has 10 rings (SSSR count). The van der Waals surface area contributed by atoms with Crippen molar-refractivity contribution in [2.24, 2.45) is 50.2 Å². The molecule has 0 radical (unpaired) electrons. The van der Waals surface area contributed by atoms with Gasteiger partial charge in [-0.3, -0.25) is 4.79 Å². The highest BCUT2D eigenvalue weighted by Crippen LogP contribution is 2.76. The van der Waals surface area contributed by atoms with Crippen molar-refractivity contribution in [2.45, 2.75) is 260 Å². The number of hydrogen-bond donors (Lipinski definition) is 15. The highest BCUT2D eigenvalue weighted by molar-refractivity contribution is 5.79. The Hall–Kier alpha value is -1.75. The van der Waals surface area contributed by atoms with E-state index in [2.05, 4.69) is 40.7 Å². The second-order valence-corrected chi connectivity index (χ2v) is 28.0. The molecule has 0 spiro atoms. The van der Waals surface area contributed by atoms with Crippen LogP contribution in [0.25, 0.3) is 0 Å². The number of esters is 1. The molecule has 0 bridgehead atoms. The van der Waals surface area contributed by atoms with Gasteiger partial charge in [0.2, 0.25) is 6.29 Å². The molecular weight excluding hydrogens is 1110 g/mol. The van der Waals surface area contributed by atoms with E-state index in [0.29, 0.717) is 57.8 Å². The topological polar surface area (TPSA) is 413 Å². The SMILES string of the molecule is C[C@@H]1O[C@@H](O[C@H]2[C@H](O[C@H]3CC[C@@]4(C)C(CC[C@]5(C)[C@@H]4CC=C4[C@H]6CC(C)(C)CC[C@]6(C(=O)O[C@@H]6O[C@H](CO)[C@@H](O[C@@H]7O[C@H](CO)[C@@H](O)[C@H](O)[C@H]7O)[C@H](O)[C@H]6O)CC[C@]45C)C3(C)CO)OC[C@H](O)[C@@H]2O[C@H]2OC[C@@H](O)[C@H](O)[C@H]2O)[C@H](O)[C@H](O)[C@H]1O. The summed E-state index contributed by atoms with van der Waals surface area (Å²) in [7, 11) is 0. The van der Waals surface area contributed by atoms with Crippen molar-refractivity contribution in [3.05, 3.63) is 11.6 Å². The molecule has 5 aliphatic heterocycles. The number of carbonyl (C=O) groups excluding carboxylic acids is 1. The fraction of sp³-hybridized carbons (Fsp3) is 0.948. The van der Waals surface area contributed by atoms with Gasteiger partial charge in [-0.25, -0.2) is 0 Å². The molecule has 10 aliphatic rings. The minimum absolute atomic E-state index is 0.0839. The molecule has 15 N–H and O–H groups in total. The van der Waals surface area contributed by atoms with Crippen LogP contribution >= 0.6 is 0 Å². The van der Waals surface area contributed by atoms with Crippen LogP contribution in [0.1, 0.15) is 113 Å². The van der Waals surface area contributed by atoms with Crippen molar-refractivity contribution in [3.63, 3.8) is 0 Å². The lowest BCUT2D eigenvalue weighted by Crippen LogP contribution is -2.67. The van der Waals surface area contributed by atoms with Crippen LogP contribution in [0.5, 0.6) is 0 Å². The number of rotatable bonds is 13. The maximum Gasteiger partial charge on any atom is 0.315 e. The van der Waals surface area contributed by atoms with E-state index < -0.39 is 189 Å². The summed E-state index contributed by atoms with van der Waals surface area (Å²) in [5.74, 6) is -0.941. The van der Waals surface area contributed by atoms with E-state index in [9.17, 15) is 76.6 Å². The Labute approximate surface area is 488 Å². The van der Waals surface area contributed by atoms with Crippen molar-refractivity contribution in [3.8, 4) is 0 Å². The average molecular weight is 1210 g/mol. The lowest BCUT2D eigenvalue weighted by atomic mass is 9.33. The summed E-state index contributed by atoms with van der Waals surface area (Å²) in [6.07, 6.45) is -29.1. The Morgan fingerprint density at radius 1 is 0.548 bits per heavy atom. The number of carbonyl (C=O) groups is 1. The molecule has 4 saturated carbocycles. The molecule has 0 aromatic rings. The maximum absolute atomic E-state index is 15.2. The van der Waals surface area contributed by atoms with Crippen LogP contribution in [-0.4, -0.2) is 263 Å². The van der Waals surface area contributed by atoms with Crippen molar-refractivity contribution in [1.82, 2.24) is 0 Å². The van der Waals surface area contributed by atoms with Gasteiger partial charge in [-0.05, 0) is 111 Å². The highest BCUT2D eigenvalue weighted by atomic mass is 16.8. The third-order valence-corrected chi connectivity index (χ3v) is 22.9. The molecule has 0 amide bonds. The second kappa shape index (κ2) is 24.1. The molecule has 2 unspecified atom stereocenters. The van der Waals surface area contributed by atoms with Crippen molar-refractivity contribution in [2.75, 3.05) is 33.0 Å². The number of fused-ring (bicyclic) bond motifs is 7. The summed E-state index contributed by atoms with van der Waals surface area (Å²) in [5.41, 5.74) is -2.10. The minimum Gasteiger partial charge on any atom is -0.432 e. The summed E-state index contributed by atoms with van der Waals surface area (Å²) in [6, 6.07) is 0. The van der Waals surface area contributed by atoms with Gasteiger partial charge in [-0.2, -0.15) is 0 Å². The van der Waals surface area contributed by atoms with Gasteiger partial charge in [0.1, 0.15) is 104 Å². The molecule has 9 fully saturated rings. The maximum atomic E-state index is 15.2. The summed E-state index contributed by atoms with van der Waals surface area (Å²) in [5, 5.41) is 162. The first-order valence-electron chi connectivity index (χ1n) is 30.2. The molecule has 26 heteroatoms. The van der Waals surface area contributed by atoms with Gasteiger partial charge in [-0.15, -0.1) is 0 Å². The van der Waals surface area contributed by atoms with Crippen LogP contribution in [0, 0.1) is 50.2 Å². The Balaban J connectivity index is 0.883. The third kappa shape index (κ3) is 10.8. The van der Waals surface area contributed by atoms with E-state index in [1.165, 1.54) is 12.5 Å². The first-order chi connectivity index (χ1) is 39.4. The zero-order chi connectivity index (χ0) is 61.1. The standard InChI is InChI=1S/C58H94O26/c1-24-34(64)37(67)41(71)48(77-24)83-46-44(81-47-40(70)35(65)27(62)21-75-47)28(63)22-76-51(46)80-33-11-12-54(4)31(55(33,5)23-61)10-13-57(7)32(54)9-8-25-26-18-53(2,3)14-16-58(26,17-15-56(25,57)6)52(74)84-50-43(73)39(69)45(30(20-60)79-50)82-49-42(72)38(68)36(66)29(19-59)78-49/h8,24,26-51,59-73H,9-23H2,1-7H3/t24-,26+,27+,28-,29+,30+,31?,32+,33-,34-,35-,36+,37+,38-,39+,40+,41+,42+,43+,44-,45+,46+,47+,48-,49-,50-,51-,54-,55?,56+,57+,58-/m0/s1. The molecule has 482 valence electrons.